The smallest absolute Gasteiger partial charge is 0.174 e. The molecule has 5 nitrogen and oxygen atoms in total. The van der Waals surface area contributed by atoms with E-state index >= 15 is 0 Å². The standard InChI is InChI=1S/C18H21NO4.Mg/c1-19-8-7-17-14-10-3-4-12(22-2)15(14)23-16(17)11(20)5-6-18(17,21)13(19)9-10;/h3-4,13,16,21H,5-9H2,1-2H3;/t13-,16+,17+,18-;/m1./s1. The first kappa shape index (κ1) is 16.6. The molecule has 2 fully saturated rings. The number of ether oxygens (including phenoxy) is 2. The number of carbonyl (C=O) groups excluding carboxylic acids is 1. The Morgan fingerprint density at radius 3 is 2.92 bits per heavy atom. The van der Waals surface area contributed by atoms with Gasteiger partial charge in [-0.05, 0) is 44.5 Å². The van der Waals surface area contributed by atoms with Gasteiger partial charge in [0, 0.05) is 41.1 Å². The molecule has 4 aliphatic rings. The Balaban J connectivity index is 0.00000146. The summed E-state index contributed by atoms with van der Waals surface area (Å²) in [6, 6.07) is 4.05. The van der Waals surface area contributed by atoms with E-state index in [1.807, 2.05) is 6.07 Å². The predicted octanol–water partition coefficient (Wildman–Crippen LogP) is 0.667. The van der Waals surface area contributed by atoms with Crippen molar-refractivity contribution in [3.63, 3.8) is 0 Å². The number of rotatable bonds is 1. The Labute approximate surface area is 157 Å². The lowest BCUT2D eigenvalue weighted by Gasteiger charge is -2.62. The lowest BCUT2D eigenvalue weighted by molar-refractivity contribution is -0.185. The van der Waals surface area contributed by atoms with Crippen molar-refractivity contribution in [1.82, 2.24) is 4.90 Å². The van der Waals surface area contributed by atoms with Crippen LogP contribution in [0, 0.1) is 0 Å². The number of likely N-dealkylation sites (N-methyl/N-ethyl adjacent to an activating group) is 1. The molecular weight excluding hydrogens is 319 g/mol. The van der Waals surface area contributed by atoms with Gasteiger partial charge in [0.2, 0.25) is 0 Å². The van der Waals surface area contributed by atoms with E-state index in [1.165, 1.54) is 5.56 Å². The minimum absolute atomic E-state index is 0. The van der Waals surface area contributed by atoms with Crippen LogP contribution in [0.2, 0.25) is 0 Å². The van der Waals surface area contributed by atoms with Crippen LogP contribution in [0.5, 0.6) is 11.5 Å². The minimum Gasteiger partial charge on any atom is -0.493 e. The van der Waals surface area contributed by atoms with Crippen molar-refractivity contribution < 1.29 is 19.4 Å². The number of benzene rings is 1. The van der Waals surface area contributed by atoms with Gasteiger partial charge in [-0.15, -0.1) is 0 Å². The van der Waals surface area contributed by atoms with Crippen molar-refractivity contribution in [2.24, 2.45) is 0 Å². The number of piperidine rings is 1. The zero-order valence-corrected chi connectivity index (χ0v) is 15.6. The molecule has 1 aromatic rings. The van der Waals surface area contributed by atoms with Gasteiger partial charge < -0.3 is 19.5 Å². The van der Waals surface area contributed by atoms with Crippen LogP contribution in [0.25, 0.3) is 0 Å². The molecule has 1 N–H and O–H groups in total. The molecule has 1 aromatic carbocycles. The summed E-state index contributed by atoms with van der Waals surface area (Å²) in [5.74, 6) is 1.47. The van der Waals surface area contributed by atoms with Crippen LogP contribution in [0.3, 0.4) is 0 Å². The number of hydrogen-bond acceptors (Lipinski definition) is 5. The summed E-state index contributed by atoms with van der Waals surface area (Å²) in [4.78, 5) is 14.9. The van der Waals surface area contributed by atoms with E-state index in [2.05, 4.69) is 18.0 Å². The lowest BCUT2D eigenvalue weighted by atomic mass is 9.49. The Kier molecular flexibility index (Phi) is 3.53. The Morgan fingerprint density at radius 1 is 1.38 bits per heavy atom. The maximum Gasteiger partial charge on any atom is 0.174 e. The second-order valence-corrected chi connectivity index (χ2v) is 7.44. The SMILES string of the molecule is COc1ccc2c3c1O[C@H]1C(=O)CC[C@@]4(O)[C@@H](C2)N(C)CC[C@]314.[Mg]. The molecule has 2 aliphatic carbocycles. The van der Waals surface area contributed by atoms with Crippen LogP contribution in [0.1, 0.15) is 30.4 Å². The fraction of sp³-hybridized carbons (Fsp3) is 0.611. The molecule has 6 heteroatoms. The number of carbonyl (C=O) groups is 1. The van der Waals surface area contributed by atoms with Gasteiger partial charge in [-0.2, -0.15) is 0 Å². The van der Waals surface area contributed by atoms with E-state index in [9.17, 15) is 9.90 Å². The van der Waals surface area contributed by atoms with E-state index in [1.54, 1.807) is 7.11 Å². The molecule has 124 valence electrons. The first-order chi connectivity index (χ1) is 11.0. The molecule has 0 aromatic heterocycles. The second kappa shape index (κ2) is 5.10. The highest BCUT2D eigenvalue weighted by molar-refractivity contribution is 5.90. The van der Waals surface area contributed by atoms with Gasteiger partial charge >= 0.3 is 0 Å². The van der Waals surface area contributed by atoms with Crippen LogP contribution in [0.15, 0.2) is 12.1 Å². The zero-order chi connectivity index (χ0) is 16.0. The van der Waals surface area contributed by atoms with E-state index in [0.29, 0.717) is 24.3 Å². The summed E-state index contributed by atoms with van der Waals surface area (Å²) in [7, 11) is 3.70. The van der Waals surface area contributed by atoms with Crippen LogP contribution in [0.4, 0.5) is 0 Å². The van der Waals surface area contributed by atoms with Crippen LogP contribution < -0.4 is 9.47 Å². The molecule has 0 amide bonds. The van der Waals surface area contributed by atoms with E-state index < -0.39 is 17.1 Å². The molecule has 24 heavy (non-hydrogen) atoms. The van der Waals surface area contributed by atoms with Crippen LogP contribution in [-0.2, 0) is 16.6 Å². The molecule has 5 rings (SSSR count). The molecule has 2 heterocycles. The highest BCUT2D eigenvalue weighted by Gasteiger charge is 2.72. The number of nitrogens with zero attached hydrogens (tertiary/aromatic N) is 1. The fourth-order valence-corrected chi connectivity index (χ4v) is 5.69. The Bertz CT molecular complexity index is 738. The monoisotopic (exact) mass is 339 g/mol. The topological polar surface area (TPSA) is 59.0 Å². The average molecular weight is 340 g/mol. The van der Waals surface area contributed by atoms with Crippen molar-refractivity contribution in [2.75, 3.05) is 20.7 Å². The van der Waals surface area contributed by atoms with Gasteiger partial charge in [0.05, 0.1) is 18.1 Å². The molecule has 2 aliphatic heterocycles. The molecule has 2 radical (unpaired) electrons. The van der Waals surface area contributed by atoms with Crippen molar-refractivity contribution in [3.05, 3.63) is 23.3 Å². The third-order valence-corrected chi connectivity index (χ3v) is 6.73. The van der Waals surface area contributed by atoms with Gasteiger partial charge in [-0.3, -0.25) is 4.79 Å². The quantitative estimate of drug-likeness (QED) is 0.762. The zero-order valence-electron chi connectivity index (χ0n) is 14.2. The third kappa shape index (κ3) is 1.61. The minimum atomic E-state index is -0.900. The molecule has 4 atom stereocenters. The van der Waals surface area contributed by atoms with Crippen molar-refractivity contribution in [1.29, 1.82) is 0 Å². The third-order valence-electron chi connectivity index (χ3n) is 6.73. The molecule has 1 saturated heterocycles. The Morgan fingerprint density at radius 2 is 2.17 bits per heavy atom. The number of aliphatic hydroxyl groups is 1. The van der Waals surface area contributed by atoms with E-state index in [4.69, 9.17) is 9.47 Å². The van der Waals surface area contributed by atoms with Crippen molar-refractivity contribution in [2.45, 2.75) is 48.8 Å². The van der Waals surface area contributed by atoms with Crippen molar-refractivity contribution in [3.8, 4) is 11.5 Å². The predicted molar refractivity (Wildman–Crippen MR) is 88.8 cm³/mol. The maximum absolute atomic E-state index is 12.7. The summed E-state index contributed by atoms with van der Waals surface area (Å²) >= 11 is 0. The van der Waals surface area contributed by atoms with Gasteiger partial charge in [0.1, 0.15) is 0 Å². The molecule has 0 unspecified atom stereocenters. The average Bonchev–Trinajstić information content (AvgIpc) is 2.90. The van der Waals surface area contributed by atoms with Crippen LogP contribution in [-0.4, -0.2) is 77.3 Å². The largest absolute Gasteiger partial charge is 0.493 e. The highest BCUT2D eigenvalue weighted by Crippen LogP contribution is 2.64. The van der Waals surface area contributed by atoms with E-state index in [-0.39, 0.29) is 34.9 Å². The normalized spacial score (nSPS) is 38.9. The van der Waals surface area contributed by atoms with E-state index in [0.717, 1.165) is 24.9 Å². The molecule has 1 saturated carbocycles. The first-order valence-electron chi connectivity index (χ1n) is 8.35. The lowest BCUT2D eigenvalue weighted by Crippen LogP contribution is -2.76. The van der Waals surface area contributed by atoms with Gasteiger partial charge in [0.25, 0.3) is 0 Å². The number of likely N-dealkylation sites (tertiary alicyclic amines) is 1. The first-order valence-corrected chi connectivity index (χ1v) is 8.35. The number of Topliss-reactive ketones (excluding diaryl/α,β-unsaturated/α-hetero) is 1. The summed E-state index contributed by atoms with van der Waals surface area (Å²) in [6.07, 6.45) is 1.89. The second-order valence-electron chi connectivity index (χ2n) is 7.44. The fourth-order valence-electron chi connectivity index (χ4n) is 5.69. The van der Waals surface area contributed by atoms with Crippen molar-refractivity contribution >= 4 is 28.8 Å². The van der Waals surface area contributed by atoms with Gasteiger partial charge in [0.15, 0.2) is 23.4 Å². The Hall–Kier alpha value is -0.824. The summed E-state index contributed by atoms with van der Waals surface area (Å²) in [6.45, 7) is 0.871. The summed E-state index contributed by atoms with van der Waals surface area (Å²) in [5.41, 5.74) is 0.737. The highest BCUT2D eigenvalue weighted by atomic mass is 24.3. The van der Waals surface area contributed by atoms with Crippen LogP contribution >= 0.6 is 0 Å². The molecular formula is C18H21MgNO4. The number of hydrogen-bond donors (Lipinski definition) is 1. The molecule has 2 bridgehead atoms. The van der Waals surface area contributed by atoms with Gasteiger partial charge in [-0.1, -0.05) is 6.07 Å². The summed E-state index contributed by atoms with van der Waals surface area (Å²) in [5, 5.41) is 11.7. The summed E-state index contributed by atoms with van der Waals surface area (Å²) < 4.78 is 11.6. The number of ketones is 1. The molecule has 1 spiro atoms. The van der Waals surface area contributed by atoms with Gasteiger partial charge in [-0.25, -0.2) is 0 Å². The maximum atomic E-state index is 12.7. The number of methoxy groups -OCH3 is 1.